The molecule has 2 aromatic carbocycles. The van der Waals surface area contributed by atoms with E-state index in [0.29, 0.717) is 27.1 Å². The van der Waals surface area contributed by atoms with E-state index < -0.39 is 11.8 Å². The van der Waals surface area contributed by atoms with E-state index in [1.165, 1.54) is 22.7 Å². The molecule has 0 spiro atoms. The van der Waals surface area contributed by atoms with Crippen molar-refractivity contribution in [3.63, 3.8) is 0 Å². The van der Waals surface area contributed by atoms with Gasteiger partial charge in [0.25, 0.3) is 11.8 Å². The summed E-state index contributed by atoms with van der Waals surface area (Å²) < 4.78 is 10.6. The van der Waals surface area contributed by atoms with Gasteiger partial charge in [-0.2, -0.15) is 0 Å². The third kappa shape index (κ3) is 4.86. The normalized spacial score (nSPS) is 10.5. The molecular weight excluding hydrogens is 460 g/mol. The number of benzene rings is 2. The van der Waals surface area contributed by atoms with Gasteiger partial charge >= 0.3 is 0 Å². The van der Waals surface area contributed by atoms with Gasteiger partial charge < -0.3 is 9.47 Å². The molecule has 0 aliphatic carbocycles. The molecule has 0 fully saturated rings. The molecule has 0 saturated carbocycles. The minimum Gasteiger partial charge on any atom is -0.493 e. The van der Waals surface area contributed by atoms with Crippen LogP contribution in [-0.2, 0) is 0 Å². The largest absolute Gasteiger partial charge is 0.493 e. The van der Waals surface area contributed by atoms with Crippen molar-refractivity contribution in [1.29, 1.82) is 0 Å². The van der Waals surface area contributed by atoms with Crippen molar-refractivity contribution < 1.29 is 19.1 Å². The van der Waals surface area contributed by atoms with Crippen molar-refractivity contribution in [2.45, 2.75) is 6.92 Å². The summed E-state index contributed by atoms with van der Waals surface area (Å²) in [6.45, 7) is 1.76. The van der Waals surface area contributed by atoms with E-state index >= 15 is 0 Å². The Kier molecular flexibility index (Phi) is 6.66. The van der Waals surface area contributed by atoms with Gasteiger partial charge in [-0.25, -0.2) is 9.97 Å². The highest BCUT2D eigenvalue weighted by atomic mass is 32.1. The summed E-state index contributed by atoms with van der Waals surface area (Å²) in [6.07, 6.45) is 0. The van der Waals surface area contributed by atoms with Crippen LogP contribution in [0.3, 0.4) is 0 Å². The second kappa shape index (κ2) is 9.80. The van der Waals surface area contributed by atoms with E-state index in [2.05, 4.69) is 20.8 Å². The Morgan fingerprint density at radius 1 is 0.848 bits per heavy atom. The SMILES string of the molecule is COc1ccc(-c2nc(C(=O)NNC(=O)c3sc(-c4ccccc4)nc3C)cs2)cc1OC. The third-order valence-electron chi connectivity index (χ3n) is 4.68. The number of carbonyl (C=O) groups is 2. The van der Waals surface area contributed by atoms with Crippen LogP contribution in [0.15, 0.2) is 53.9 Å². The molecule has 2 N–H and O–H groups in total. The number of thiazole rings is 2. The standard InChI is InChI=1S/C23H20N4O4S2/c1-13-19(33-23(24-13)14-7-5-4-6-8-14)21(29)27-26-20(28)16-12-32-22(25-16)15-9-10-17(30-2)18(11-15)31-3/h4-12H,1-3H3,(H,26,28)(H,27,29). The van der Waals surface area contributed by atoms with Gasteiger partial charge in [0.15, 0.2) is 11.5 Å². The van der Waals surface area contributed by atoms with E-state index in [-0.39, 0.29) is 5.69 Å². The molecule has 0 aliphatic heterocycles. The van der Waals surface area contributed by atoms with Gasteiger partial charge in [0.05, 0.1) is 19.9 Å². The van der Waals surface area contributed by atoms with Crippen LogP contribution in [0.1, 0.15) is 25.9 Å². The lowest BCUT2D eigenvalue weighted by molar-refractivity contribution is 0.0846. The minimum atomic E-state index is -0.517. The third-order valence-corrected chi connectivity index (χ3v) is 6.78. The molecule has 33 heavy (non-hydrogen) atoms. The fourth-order valence-electron chi connectivity index (χ4n) is 3.03. The predicted octanol–water partition coefficient (Wildman–Crippen LogP) is 4.33. The number of ether oxygens (including phenoxy) is 2. The molecule has 0 aliphatic rings. The monoisotopic (exact) mass is 480 g/mol. The number of nitrogens with one attached hydrogen (secondary N) is 2. The zero-order valence-electron chi connectivity index (χ0n) is 18.0. The number of nitrogens with zero attached hydrogens (tertiary/aromatic N) is 2. The van der Waals surface area contributed by atoms with Gasteiger partial charge in [-0.05, 0) is 25.1 Å². The number of hydrazine groups is 1. The first-order chi connectivity index (χ1) is 16.0. The Morgan fingerprint density at radius 3 is 2.30 bits per heavy atom. The van der Waals surface area contributed by atoms with Crippen molar-refractivity contribution in [2.24, 2.45) is 0 Å². The highest BCUT2D eigenvalue weighted by Gasteiger charge is 2.18. The van der Waals surface area contributed by atoms with Gasteiger partial charge in [-0.15, -0.1) is 22.7 Å². The second-order valence-electron chi connectivity index (χ2n) is 6.82. The van der Waals surface area contributed by atoms with Gasteiger partial charge in [0.2, 0.25) is 0 Å². The summed E-state index contributed by atoms with van der Waals surface area (Å²) >= 11 is 2.57. The average Bonchev–Trinajstić information content (AvgIpc) is 3.50. The lowest BCUT2D eigenvalue weighted by atomic mass is 10.2. The van der Waals surface area contributed by atoms with Crippen molar-refractivity contribution in [1.82, 2.24) is 20.8 Å². The molecule has 8 nitrogen and oxygen atoms in total. The Hall–Kier alpha value is -3.76. The van der Waals surface area contributed by atoms with Crippen LogP contribution < -0.4 is 20.3 Å². The van der Waals surface area contributed by atoms with E-state index in [9.17, 15) is 9.59 Å². The number of carbonyl (C=O) groups excluding carboxylic acids is 2. The van der Waals surface area contributed by atoms with Crippen LogP contribution >= 0.6 is 22.7 Å². The van der Waals surface area contributed by atoms with E-state index in [1.807, 2.05) is 36.4 Å². The molecule has 168 valence electrons. The summed E-state index contributed by atoms with van der Waals surface area (Å²) in [5.41, 5.74) is 7.36. The molecule has 0 bridgehead atoms. The Morgan fingerprint density at radius 2 is 1.58 bits per heavy atom. The van der Waals surface area contributed by atoms with Crippen LogP contribution in [0, 0.1) is 6.92 Å². The van der Waals surface area contributed by atoms with Crippen molar-refractivity contribution in [2.75, 3.05) is 14.2 Å². The van der Waals surface area contributed by atoms with Crippen LogP contribution in [0.5, 0.6) is 11.5 Å². The maximum Gasteiger partial charge on any atom is 0.289 e. The van der Waals surface area contributed by atoms with E-state index in [1.54, 1.807) is 38.7 Å². The smallest absolute Gasteiger partial charge is 0.289 e. The first-order valence-electron chi connectivity index (χ1n) is 9.81. The van der Waals surface area contributed by atoms with Gasteiger partial charge in [-0.3, -0.25) is 20.4 Å². The maximum absolute atomic E-state index is 12.6. The van der Waals surface area contributed by atoms with Crippen molar-refractivity contribution in [3.8, 4) is 32.6 Å². The van der Waals surface area contributed by atoms with E-state index in [0.717, 1.165) is 16.1 Å². The highest BCUT2D eigenvalue weighted by Crippen LogP contribution is 2.33. The predicted molar refractivity (Wildman–Crippen MR) is 128 cm³/mol. The first kappa shape index (κ1) is 22.4. The molecule has 4 aromatic rings. The Labute approximate surface area is 198 Å². The number of methoxy groups -OCH3 is 2. The van der Waals surface area contributed by atoms with Crippen LogP contribution in [0.25, 0.3) is 21.1 Å². The summed E-state index contributed by atoms with van der Waals surface area (Å²) in [5, 5.41) is 3.00. The van der Waals surface area contributed by atoms with Crippen molar-refractivity contribution >= 4 is 34.5 Å². The lowest BCUT2D eigenvalue weighted by Gasteiger charge is -2.08. The number of aryl methyl sites for hydroxylation is 1. The molecule has 4 rings (SSSR count). The maximum atomic E-state index is 12.6. The molecule has 2 aromatic heterocycles. The Bertz CT molecular complexity index is 1300. The molecule has 0 unspecified atom stereocenters. The fourth-order valence-corrected chi connectivity index (χ4v) is 4.79. The van der Waals surface area contributed by atoms with Gasteiger partial charge in [0, 0.05) is 16.5 Å². The number of hydrogen-bond donors (Lipinski definition) is 2. The molecular formula is C23H20N4O4S2. The van der Waals surface area contributed by atoms with Crippen LogP contribution in [-0.4, -0.2) is 36.0 Å². The molecule has 0 atom stereocenters. The average molecular weight is 481 g/mol. The van der Waals surface area contributed by atoms with Gasteiger partial charge in [0.1, 0.15) is 20.6 Å². The fraction of sp³-hybridized carbons (Fsp3) is 0.130. The summed E-state index contributed by atoms with van der Waals surface area (Å²) in [4.78, 5) is 34.4. The molecule has 0 saturated heterocycles. The summed E-state index contributed by atoms with van der Waals surface area (Å²) in [7, 11) is 3.12. The lowest BCUT2D eigenvalue weighted by Crippen LogP contribution is -2.41. The van der Waals surface area contributed by atoms with Crippen molar-refractivity contribution in [3.05, 3.63) is 70.2 Å². The zero-order chi connectivity index (χ0) is 23.4. The second-order valence-corrected chi connectivity index (χ2v) is 8.67. The quantitative estimate of drug-likeness (QED) is 0.398. The zero-order valence-corrected chi connectivity index (χ0v) is 19.7. The number of amides is 2. The molecule has 0 radical (unpaired) electrons. The molecule has 2 amide bonds. The minimum absolute atomic E-state index is 0.191. The van der Waals surface area contributed by atoms with Gasteiger partial charge in [-0.1, -0.05) is 30.3 Å². The topological polar surface area (TPSA) is 102 Å². The number of hydrogen-bond acceptors (Lipinski definition) is 8. The van der Waals surface area contributed by atoms with Crippen LogP contribution in [0.2, 0.25) is 0 Å². The van der Waals surface area contributed by atoms with Crippen LogP contribution in [0.4, 0.5) is 0 Å². The Balaban J connectivity index is 1.42. The van der Waals surface area contributed by atoms with E-state index in [4.69, 9.17) is 9.47 Å². The molecule has 2 heterocycles. The summed E-state index contributed by atoms with van der Waals surface area (Å²) in [5.74, 6) is 0.221. The number of aromatic nitrogens is 2. The first-order valence-corrected chi connectivity index (χ1v) is 11.5. The number of rotatable bonds is 6. The highest BCUT2D eigenvalue weighted by molar-refractivity contribution is 7.17. The molecule has 10 heteroatoms. The summed E-state index contributed by atoms with van der Waals surface area (Å²) in [6, 6.07) is 15.0.